The number of benzene rings is 4. The van der Waals surface area contributed by atoms with Gasteiger partial charge in [0.25, 0.3) is 0 Å². The van der Waals surface area contributed by atoms with E-state index >= 15 is 0 Å². The monoisotopic (exact) mass is 626 g/mol. The number of allylic oxidation sites excluding steroid dienone is 4. The Morgan fingerprint density at radius 1 is 0.667 bits per heavy atom. The van der Waals surface area contributed by atoms with Crippen molar-refractivity contribution in [2.24, 2.45) is 0 Å². The molecule has 0 bridgehead atoms. The zero-order chi connectivity index (χ0) is 29.7. The first kappa shape index (κ1) is 31.9. The molecule has 0 saturated carbocycles. The van der Waals surface area contributed by atoms with E-state index in [2.05, 4.69) is 143 Å². The summed E-state index contributed by atoms with van der Waals surface area (Å²) in [4.78, 5) is 0. The van der Waals surface area contributed by atoms with E-state index in [4.69, 9.17) is 0 Å². The molecule has 0 N–H and O–H groups in total. The average Bonchev–Trinajstić information content (AvgIpc) is 3.65. The SMILES string of the molecule is CCCC1=[C-]CC(CCC)=C1.CCc1ccc2c(c1)[cH-]c1cc(CC)ccc12.[Zr+2]=[C](c1ccccc1)c1ccccc1. The van der Waals surface area contributed by atoms with Gasteiger partial charge >= 0.3 is 99.2 Å². The predicted octanol–water partition coefficient (Wildman–Crippen LogP) is 11.3. The summed E-state index contributed by atoms with van der Waals surface area (Å²) in [5.74, 6) is 0. The molecule has 0 spiro atoms. The van der Waals surface area contributed by atoms with Gasteiger partial charge in [0.05, 0.1) is 0 Å². The van der Waals surface area contributed by atoms with Crippen LogP contribution in [0.3, 0.4) is 0 Å². The van der Waals surface area contributed by atoms with Crippen molar-refractivity contribution in [3.63, 3.8) is 0 Å². The van der Waals surface area contributed by atoms with E-state index in [-0.39, 0.29) is 0 Å². The van der Waals surface area contributed by atoms with Crippen molar-refractivity contribution in [1.82, 2.24) is 0 Å². The number of aryl methyl sites for hydroxylation is 2. The van der Waals surface area contributed by atoms with Gasteiger partial charge in [0.1, 0.15) is 0 Å². The minimum atomic E-state index is 1.10. The molecule has 0 atom stereocenters. The molecule has 1 aliphatic rings. The van der Waals surface area contributed by atoms with Crippen molar-refractivity contribution >= 4 is 24.8 Å². The number of hydrogen-bond donors (Lipinski definition) is 0. The molecule has 0 saturated heterocycles. The maximum atomic E-state index is 3.42. The Bertz CT molecular complexity index is 1530. The molecular formula is C41H44Zr. The molecule has 0 heterocycles. The van der Waals surface area contributed by atoms with Crippen LogP contribution in [0, 0.1) is 6.08 Å². The van der Waals surface area contributed by atoms with Crippen LogP contribution in [0.25, 0.3) is 21.5 Å². The Labute approximate surface area is 268 Å². The third-order valence-corrected chi connectivity index (χ3v) is 9.21. The van der Waals surface area contributed by atoms with Crippen LogP contribution in [0.5, 0.6) is 0 Å². The third kappa shape index (κ3) is 8.75. The van der Waals surface area contributed by atoms with Gasteiger partial charge < -0.3 is 0 Å². The van der Waals surface area contributed by atoms with Crippen LogP contribution in [0.2, 0.25) is 0 Å². The van der Waals surface area contributed by atoms with Gasteiger partial charge in [-0.3, -0.25) is 6.08 Å². The van der Waals surface area contributed by atoms with Gasteiger partial charge in [0, 0.05) is 0 Å². The van der Waals surface area contributed by atoms with Crippen molar-refractivity contribution in [3.8, 4) is 0 Å². The zero-order valence-corrected chi connectivity index (χ0v) is 28.3. The van der Waals surface area contributed by atoms with Crippen LogP contribution in [0.15, 0.2) is 120 Å². The van der Waals surface area contributed by atoms with E-state index < -0.39 is 0 Å². The standard InChI is InChI=1S/C17H17.C13H10.C11H17.Zr/c1-3-12-5-7-16-14(9-12)11-15-10-13(4-2)6-8-17(15)16;1-3-7-12(8-4-1)11-13-9-5-2-6-10-13;1-3-5-10-7-8-11(9-10)6-4-2;/h5-11H,3-4H2,1-2H3;1-10H;9H,3-7H2,1-2H3;/q-1;;-1;+2. The number of hydrogen-bond acceptors (Lipinski definition) is 0. The molecule has 0 aromatic heterocycles. The van der Waals surface area contributed by atoms with Crippen LogP contribution in [0.4, 0.5) is 0 Å². The Balaban J connectivity index is 0.000000149. The average molecular weight is 628 g/mol. The van der Waals surface area contributed by atoms with Crippen molar-refractivity contribution in [2.75, 3.05) is 0 Å². The van der Waals surface area contributed by atoms with Crippen LogP contribution >= 0.6 is 0 Å². The molecule has 212 valence electrons. The molecule has 5 aromatic rings. The van der Waals surface area contributed by atoms with Gasteiger partial charge in [0.15, 0.2) is 0 Å². The van der Waals surface area contributed by atoms with Gasteiger partial charge in [-0.05, 0) is 19.3 Å². The van der Waals surface area contributed by atoms with Crippen LogP contribution in [0.1, 0.15) is 82.1 Å². The molecule has 0 fully saturated rings. The molecular weight excluding hydrogens is 584 g/mol. The van der Waals surface area contributed by atoms with Crippen LogP contribution in [-0.2, 0) is 37.1 Å². The number of rotatable bonds is 8. The molecule has 0 unspecified atom stereocenters. The van der Waals surface area contributed by atoms with E-state index in [0.717, 1.165) is 19.3 Å². The van der Waals surface area contributed by atoms with E-state index in [0.29, 0.717) is 0 Å². The van der Waals surface area contributed by atoms with Gasteiger partial charge in [-0.2, -0.15) is 5.57 Å². The second kappa shape index (κ2) is 16.6. The Morgan fingerprint density at radius 3 is 1.62 bits per heavy atom. The fourth-order valence-electron chi connectivity index (χ4n) is 5.42. The fraction of sp³-hybridized carbons (Fsp3) is 0.268. The second-order valence-electron chi connectivity index (χ2n) is 11.0. The van der Waals surface area contributed by atoms with E-state index in [1.807, 2.05) is 0 Å². The first-order chi connectivity index (χ1) is 20.6. The van der Waals surface area contributed by atoms with E-state index in [1.165, 1.54) is 102 Å². The van der Waals surface area contributed by atoms with Gasteiger partial charge in [-0.25, -0.2) is 11.6 Å². The summed E-state index contributed by atoms with van der Waals surface area (Å²) in [6.45, 7) is 8.87. The predicted molar refractivity (Wildman–Crippen MR) is 181 cm³/mol. The summed E-state index contributed by atoms with van der Waals surface area (Å²) in [5.41, 5.74) is 8.52. The second-order valence-corrected chi connectivity index (χ2v) is 12.2. The molecule has 0 aliphatic heterocycles. The molecule has 0 radical (unpaired) electrons. The molecule has 1 heteroatoms. The number of fused-ring (bicyclic) bond motifs is 3. The van der Waals surface area contributed by atoms with Crippen LogP contribution < -0.4 is 0 Å². The molecule has 0 amide bonds. The topological polar surface area (TPSA) is 0 Å². The van der Waals surface area contributed by atoms with Gasteiger partial charge in [-0.15, -0.1) is 46.2 Å². The maximum absolute atomic E-state index is 3.42. The molecule has 1 aliphatic carbocycles. The summed E-state index contributed by atoms with van der Waals surface area (Å²) in [7, 11) is 0. The summed E-state index contributed by atoms with van der Waals surface area (Å²) in [5, 5.41) is 5.54. The third-order valence-electron chi connectivity index (χ3n) is 7.79. The molecule has 5 aromatic carbocycles. The molecule has 42 heavy (non-hydrogen) atoms. The quantitative estimate of drug-likeness (QED) is 0.150. The Hall–Kier alpha value is -3.02. The Morgan fingerprint density at radius 2 is 1.17 bits per heavy atom. The van der Waals surface area contributed by atoms with E-state index in [1.54, 1.807) is 5.57 Å². The summed E-state index contributed by atoms with van der Waals surface area (Å²) in [6, 6.07) is 37.1. The first-order valence-electron chi connectivity index (χ1n) is 15.7. The molecule has 6 rings (SSSR count). The Kier molecular flexibility index (Phi) is 12.6. The van der Waals surface area contributed by atoms with Gasteiger partial charge in [-0.1, -0.05) is 82.3 Å². The van der Waals surface area contributed by atoms with Crippen molar-refractivity contribution in [1.29, 1.82) is 0 Å². The minimum absolute atomic E-state index is 1.10. The van der Waals surface area contributed by atoms with Gasteiger partial charge in [0.2, 0.25) is 0 Å². The van der Waals surface area contributed by atoms with E-state index in [9.17, 15) is 0 Å². The summed E-state index contributed by atoms with van der Waals surface area (Å²) in [6.07, 6.45) is 14.1. The van der Waals surface area contributed by atoms with Crippen LogP contribution in [-0.4, -0.2) is 3.21 Å². The normalized spacial score (nSPS) is 12.2. The van der Waals surface area contributed by atoms with Crippen molar-refractivity contribution < 1.29 is 24.2 Å². The fourth-order valence-corrected chi connectivity index (χ4v) is 6.24. The van der Waals surface area contributed by atoms with Crippen molar-refractivity contribution in [3.05, 3.63) is 149 Å². The summed E-state index contributed by atoms with van der Waals surface area (Å²) < 4.78 is 1.42. The molecule has 0 nitrogen and oxygen atoms in total. The summed E-state index contributed by atoms with van der Waals surface area (Å²) >= 11 is 1.46. The first-order valence-corrected chi connectivity index (χ1v) is 16.9. The zero-order valence-electron chi connectivity index (χ0n) is 25.8. The van der Waals surface area contributed by atoms with Crippen molar-refractivity contribution in [2.45, 2.75) is 72.6 Å².